The summed E-state index contributed by atoms with van der Waals surface area (Å²) < 4.78 is 10.5. The Morgan fingerprint density at radius 1 is 1.26 bits per heavy atom. The highest BCUT2D eigenvalue weighted by atomic mass is 16.7. The molecule has 0 spiro atoms. The SMILES string of the molecule is CC(C)(C)C(CNC(=O)Nc1ccc2c(c1)OCO2)CC(=O)O. The summed E-state index contributed by atoms with van der Waals surface area (Å²) in [6.45, 7) is 6.33. The molecule has 1 unspecified atom stereocenters. The van der Waals surface area contributed by atoms with Crippen LogP contribution in [0.2, 0.25) is 0 Å². The lowest BCUT2D eigenvalue weighted by Crippen LogP contribution is -2.38. The van der Waals surface area contributed by atoms with Gasteiger partial charge in [-0.25, -0.2) is 4.79 Å². The van der Waals surface area contributed by atoms with Crippen LogP contribution < -0.4 is 20.1 Å². The number of aliphatic carboxylic acids is 1. The zero-order valence-corrected chi connectivity index (χ0v) is 13.5. The van der Waals surface area contributed by atoms with Crippen molar-refractivity contribution in [2.24, 2.45) is 11.3 Å². The number of rotatable bonds is 5. The lowest BCUT2D eigenvalue weighted by Gasteiger charge is -2.29. The number of benzene rings is 1. The molecule has 0 saturated heterocycles. The summed E-state index contributed by atoms with van der Waals surface area (Å²) in [5, 5.41) is 14.4. The van der Waals surface area contributed by atoms with Crippen LogP contribution in [0.1, 0.15) is 27.2 Å². The van der Waals surface area contributed by atoms with Crippen molar-refractivity contribution in [3.05, 3.63) is 18.2 Å². The van der Waals surface area contributed by atoms with Crippen LogP contribution in [-0.4, -0.2) is 30.4 Å². The van der Waals surface area contributed by atoms with E-state index in [1.165, 1.54) is 0 Å². The standard InChI is InChI=1S/C16H22N2O5/c1-16(2,3)10(6-14(19)20)8-17-15(21)18-11-4-5-12-13(7-11)23-9-22-12/h4-5,7,10H,6,8-9H2,1-3H3,(H,19,20)(H2,17,18,21). The normalized spacial score (nSPS) is 14.2. The minimum Gasteiger partial charge on any atom is -0.481 e. The highest BCUT2D eigenvalue weighted by Gasteiger charge is 2.27. The third-order valence-electron chi connectivity index (χ3n) is 3.79. The van der Waals surface area contributed by atoms with Gasteiger partial charge in [0.15, 0.2) is 11.5 Å². The molecule has 0 saturated carbocycles. The summed E-state index contributed by atoms with van der Waals surface area (Å²) in [6.07, 6.45) is 0.00774. The summed E-state index contributed by atoms with van der Waals surface area (Å²) >= 11 is 0. The Kier molecular flexibility index (Phi) is 4.98. The quantitative estimate of drug-likeness (QED) is 0.774. The summed E-state index contributed by atoms with van der Waals surface area (Å²) in [5.41, 5.74) is 0.363. The third kappa shape index (κ3) is 4.77. The average molecular weight is 322 g/mol. The van der Waals surface area contributed by atoms with E-state index in [1.54, 1.807) is 18.2 Å². The van der Waals surface area contributed by atoms with E-state index in [1.807, 2.05) is 20.8 Å². The monoisotopic (exact) mass is 322 g/mol. The van der Waals surface area contributed by atoms with Gasteiger partial charge in [-0.15, -0.1) is 0 Å². The molecule has 1 aromatic carbocycles. The number of ether oxygens (including phenoxy) is 2. The first-order valence-corrected chi connectivity index (χ1v) is 7.42. The number of carbonyl (C=O) groups excluding carboxylic acids is 1. The molecule has 0 fully saturated rings. The number of carboxylic acid groups (broad SMARTS) is 1. The molecule has 3 N–H and O–H groups in total. The Morgan fingerprint density at radius 2 is 1.96 bits per heavy atom. The molecule has 0 aromatic heterocycles. The van der Waals surface area contributed by atoms with Crippen LogP contribution in [0.5, 0.6) is 11.5 Å². The van der Waals surface area contributed by atoms with Crippen molar-refractivity contribution in [1.29, 1.82) is 0 Å². The van der Waals surface area contributed by atoms with Crippen LogP contribution in [0, 0.1) is 11.3 Å². The lowest BCUT2D eigenvalue weighted by molar-refractivity contribution is -0.139. The van der Waals surface area contributed by atoms with E-state index in [2.05, 4.69) is 10.6 Å². The van der Waals surface area contributed by atoms with E-state index in [0.717, 1.165) is 0 Å². The molecule has 1 aliphatic rings. The second-order valence-electron chi connectivity index (χ2n) is 6.56. The van der Waals surface area contributed by atoms with Crippen molar-refractivity contribution in [2.75, 3.05) is 18.7 Å². The maximum absolute atomic E-state index is 12.0. The first-order valence-electron chi connectivity index (χ1n) is 7.42. The Morgan fingerprint density at radius 3 is 2.61 bits per heavy atom. The predicted octanol–water partition coefficient (Wildman–Crippen LogP) is 2.67. The third-order valence-corrected chi connectivity index (χ3v) is 3.79. The number of carbonyl (C=O) groups is 2. The van der Waals surface area contributed by atoms with E-state index in [9.17, 15) is 9.59 Å². The van der Waals surface area contributed by atoms with Crippen molar-refractivity contribution < 1.29 is 24.2 Å². The summed E-state index contributed by atoms with van der Waals surface area (Å²) in [7, 11) is 0. The number of hydrogen-bond donors (Lipinski definition) is 3. The molecule has 0 bridgehead atoms. The zero-order valence-electron chi connectivity index (χ0n) is 13.5. The molecule has 1 aromatic rings. The molecule has 23 heavy (non-hydrogen) atoms. The van der Waals surface area contributed by atoms with Gasteiger partial charge in [-0.3, -0.25) is 4.79 Å². The summed E-state index contributed by atoms with van der Waals surface area (Å²) in [4.78, 5) is 22.9. The zero-order chi connectivity index (χ0) is 17.0. The van der Waals surface area contributed by atoms with Gasteiger partial charge in [0.1, 0.15) is 0 Å². The van der Waals surface area contributed by atoms with E-state index in [0.29, 0.717) is 17.2 Å². The van der Waals surface area contributed by atoms with Crippen LogP contribution in [0.15, 0.2) is 18.2 Å². The van der Waals surface area contributed by atoms with Crippen LogP contribution in [0.25, 0.3) is 0 Å². The topological polar surface area (TPSA) is 96.9 Å². The lowest BCUT2D eigenvalue weighted by atomic mass is 9.79. The van der Waals surface area contributed by atoms with Gasteiger partial charge in [0.2, 0.25) is 6.79 Å². The smallest absolute Gasteiger partial charge is 0.319 e. The fraction of sp³-hybridized carbons (Fsp3) is 0.500. The largest absolute Gasteiger partial charge is 0.481 e. The fourth-order valence-corrected chi connectivity index (χ4v) is 2.26. The highest BCUT2D eigenvalue weighted by molar-refractivity contribution is 5.89. The van der Waals surface area contributed by atoms with Gasteiger partial charge in [0, 0.05) is 18.3 Å². The van der Waals surface area contributed by atoms with Gasteiger partial charge in [-0.1, -0.05) is 20.8 Å². The number of fused-ring (bicyclic) bond motifs is 1. The summed E-state index contributed by atoms with van der Waals surface area (Å²) in [6, 6.07) is 4.73. The van der Waals surface area contributed by atoms with Crippen molar-refractivity contribution >= 4 is 17.7 Å². The number of amides is 2. The number of anilines is 1. The maximum atomic E-state index is 12.0. The Hall–Kier alpha value is -2.44. The molecular formula is C16H22N2O5. The molecule has 7 heteroatoms. The number of hydrogen-bond acceptors (Lipinski definition) is 4. The van der Waals surface area contributed by atoms with Gasteiger partial charge in [0.05, 0.1) is 6.42 Å². The molecule has 1 aliphatic heterocycles. The second kappa shape index (κ2) is 6.76. The molecule has 1 atom stereocenters. The van der Waals surface area contributed by atoms with Crippen LogP contribution >= 0.6 is 0 Å². The average Bonchev–Trinajstić information content (AvgIpc) is 2.89. The fourth-order valence-electron chi connectivity index (χ4n) is 2.26. The van der Waals surface area contributed by atoms with Crippen molar-refractivity contribution in [3.63, 3.8) is 0 Å². The first kappa shape index (κ1) is 16.9. The number of nitrogens with one attached hydrogen (secondary N) is 2. The van der Waals surface area contributed by atoms with Gasteiger partial charge < -0.3 is 25.2 Å². The molecule has 0 radical (unpaired) electrons. The van der Waals surface area contributed by atoms with Crippen molar-refractivity contribution in [2.45, 2.75) is 27.2 Å². The van der Waals surface area contributed by atoms with Crippen molar-refractivity contribution in [1.82, 2.24) is 5.32 Å². The molecule has 1 heterocycles. The van der Waals surface area contributed by atoms with E-state index < -0.39 is 5.97 Å². The van der Waals surface area contributed by atoms with Crippen molar-refractivity contribution in [3.8, 4) is 11.5 Å². The highest BCUT2D eigenvalue weighted by Crippen LogP contribution is 2.34. The first-order chi connectivity index (χ1) is 10.8. The van der Waals surface area contributed by atoms with Crippen LogP contribution in [0.4, 0.5) is 10.5 Å². The predicted molar refractivity (Wildman–Crippen MR) is 84.8 cm³/mol. The molecule has 126 valence electrons. The van der Waals surface area contributed by atoms with Gasteiger partial charge in [-0.05, 0) is 23.5 Å². The minimum absolute atomic E-state index is 0.00774. The Labute approximate surface area is 135 Å². The van der Waals surface area contributed by atoms with Gasteiger partial charge in [-0.2, -0.15) is 0 Å². The van der Waals surface area contributed by atoms with Gasteiger partial charge in [0.25, 0.3) is 0 Å². The molecular weight excluding hydrogens is 300 g/mol. The van der Waals surface area contributed by atoms with Gasteiger partial charge >= 0.3 is 12.0 Å². The Bertz CT molecular complexity index is 595. The second-order valence-corrected chi connectivity index (χ2v) is 6.56. The number of carboxylic acids is 1. The molecule has 2 rings (SSSR count). The van der Waals surface area contributed by atoms with E-state index in [4.69, 9.17) is 14.6 Å². The minimum atomic E-state index is -0.872. The van der Waals surface area contributed by atoms with Crippen LogP contribution in [0.3, 0.4) is 0 Å². The summed E-state index contributed by atoms with van der Waals surface area (Å²) in [5.74, 6) is 0.192. The van der Waals surface area contributed by atoms with E-state index >= 15 is 0 Å². The Balaban J connectivity index is 1.90. The number of urea groups is 1. The maximum Gasteiger partial charge on any atom is 0.319 e. The molecule has 2 amide bonds. The molecule has 7 nitrogen and oxygen atoms in total. The molecule has 0 aliphatic carbocycles. The van der Waals surface area contributed by atoms with E-state index in [-0.39, 0.29) is 37.1 Å². The van der Waals surface area contributed by atoms with Crippen LogP contribution in [-0.2, 0) is 4.79 Å².